The Morgan fingerprint density at radius 2 is 2.35 bits per heavy atom. The Bertz CT molecular complexity index is 271. The van der Waals surface area contributed by atoms with Crippen LogP contribution in [-0.4, -0.2) is 38.8 Å². The number of ether oxygens (including phenoxy) is 1. The highest BCUT2D eigenvalue weighted by Crippen LogP contribution is 2.29. The second-order valence-electron chi connectivity index (χ2n) is 4.83. The van der Waals surface area contributed by atoms with E-state index in [1.807, 2.05) is 6.92 Å². The van der Waals surface area contributed by atoms with Gasteiger partial charge < -0.3 is 15.4 Å². The van der Waals surface area contributed by atoms with Gasteiger partial charge in [0.25, 0.3) is 0 Å². The molecule has 1 heterocycles. The number of carbonyl (C=O) groups is 1. The fourth-order valence-corrected chi connectivity index (χ4v) is 2.07. The summed E-state index contributed by atoms with van der Waals surface area (Å²) in [5.74, 6) is 0.156. The molecule has 0 spiro atoms. The lowest BCUT2D eigenvalue weighted by Crippen LogP contribution is -2.43. The highest BCUT2D eigenvalue weighted by atomic mass is 16.5. The van der Waals surface area contributed by atoms with Gasteiger partial charge in [-0.15, -0.1) is 0 Å². The summed E-state index contributed by atoms with van der Waals surface area (Å²) in [6.45, 7) is 11.2. The van der Waals surface area contributed by atoms with Crippen molar-refractivity contribution in [3.8, 4) is 0 Å². The van der Waals surface area contributed by atoms with E-state index in [0.717, 1.165) is 31.5 Å². The average molecular weight is 240 g/mol. The molecule has 1 saturated heterocycles. The van der Waals surface area contributed by atoms with Crippen LogP contribution in [0.1, 0.15) is 26.7 Å². The van der Waals surface area contributed by atoms with Gasteiger partial charge in [0.2, 0.25) is 5.91 Å². The van der Waals surface area contributed by atoms with Gasteiger partial charge in [0.05, 0.1) is 18.6 Å². The summed E-state index contributed by atoms with van der Waals surface area (Å²) >= 11 is 0. The molecule has 1 rings (SSSR count). The van der Waals surface area contributed by atoms with E-state index in [-0.39, 0.29) is 11.3 Å². The summed E-state index contributed by atoms with van der Waals surface area (Å²) < 4.78 is 5.34. The normalized spacial score (nSPS) is 23.6. The smallest absolute Gasteiger partial charge is 0.227 e. The molecule has 1 amide bonds. The molecule has 0 saturated carbocycles. The van der Waals surface area contributed by atoms with E-state index < -0.39 is 0 Å². The van der Waals surface area contributed by atoms with Gasteiger partial charge in [0, 0.05) is 13.1 Å². The molecule has 2 N–H and O–H groups in total. The molecule has 0 radical (unpaired) electrons. The molecule has 1 unspecified atom stereocenters. The van der Waals surface area contributed by atoms with Gasteiger partial charge in [-0.3, -0.25) is 4.79 Å². The van der Waals surface area contributed by atoms with Crippen LogP contribution in [-0.2, 0) is 9.53 Å². The minimum Gasteiger partial charge on any atom is -0.375 e. The molecule has 98 valence electrons. The number of hydrogen-bond donors (Lipinski definition) is 2. The number of hydrogen-bond acceptors (Lipinski definition) is 3. The lowest BCUT2D eigenvalue weighted by Gasteiger charge is -2.25. The molecule has 1 atom stereocenters. The average Bonchev–Trinajstić information content (AvgIpc) is 2.77. The van der Waals surface area contributed by atoms with E-state index in [1.54, 1.807) is 0 Å². The van der Waals surface area contributed by atoms with Gasteiger partial charge in [-0.1, -0.05) is 19.1 Å². The first-order valence-corrected chi connectivity index (χ1v) is 6.32. The Labute approximate surface area is 104 Å². The maximum absolute atomic E-state index is 12.1. The highest BCUT2D eigenvalue weighted by Gasteiger charge is 2.38. The van der Waals surface area contributed by atoms with Crippen LogP contribution in [0.5, 0.6) is 0 Å². The maximum atomic E-state index is 12.1. The topological polar surface area (TPSA) is 50.4 Å². The fourth-order valence-electron chi connectivity index (χ4n) is 2.07. The molecule has 0 aromatic rings. The molecule has 17 heavy (non-hydrogen) atoms. The molecule has 0 aliphatic carbocycles. The van der Waals surface area contributed by atoms with Gasteiger partial charge in [0.1, 0.15) is 0 Å². The maximum Gasteiger partial charge on any atom is 0.227 e. The summed E-state index contributed by atoms with van der Waals surface area (Å²) in [5.41, 5.74) is 0.801. The standard InChI is InChI=1S/C13H24N2O2/c1-4-13(5-6-14-10-13)12(16)15-7-8-17-9-11(2)3/h14H,2,4-10H2,1,3H3,(H,15,16). The van der Waals surface area contributed by atoms with E-state index >= 15 is 0 Å². The first kappa shape index (κ1) is 14.2. The van der Waals surface area contributed by atoms with Crippen molar-refractivity contribution in [2.24, 2.45) is 5.41 Å². The van der Waals surface area contributed by atoms with E-state index in [2.05, 4.69) is 24.1 Å². The van der Waals surface area contributed by atoms with Gasteiger partial charge >= 0.3 is 0 Å². The van der Waals surface area contributed by atoms with Crippen molar-refractivity contribution < 1.29 is 9.53 Å². The van der Waals surface area contributed by atoms with Crippen molar-refractivity contribution in [1.82, 2.24) is 10.6 Å². The van der Waals surface area contributed by atoms with Crippen molar-refractivity contribution in [3.05, 3.63) is 12.2 Å². The molecule has 1 fully saturated rings. The van der Waals surface area contributed by atoms with Crippen LogP contribution in [0.25, 0.3) is 0 Å². The van der Waals surface area contributed by atoms with Crippen molar-refractivity contribution >= 4 is 5.91 Å². The van der Waals surface area contributed by atoms with E-state index in [4.69, 9.17) is 4.74 Å². The molecule has 0 aromatic carbocycles. The third-order valence-corrected chi connectivity index (χ3v) is 3.28. The van der Waals surface area contributed by atoms with Gasteiger partial charge in [-0.2, -0.15) is 0 Å². The zero-order chi connectivity index (χ0) is 12.7. The van der Waals surface area contributed by atoms with E-state index in [9.17, 15) is 4.79 Å². The van der Waals surface area contributed by atoms with Crippen LogP contribution in [0.4, 0.5) is 0 Å². The third-order valence-electron chi connectivity index (χ3n) is 3.28. The monoisotopic (exact) mass is 240 g/mol. The summed E-state index contributed by atoms with van der Waals surface area (Å²) in [7, 11) is 0. The fraction of sp³-hybridized carbons (Fsp3) is 0.769. The van der Waals surface area contributed by atoms with E-state index in [1.165, 1.54) is 0 Å². The summed E-state index contributed by atoms with van der Waals surface area (Å²) in [4.78, 5) is 12.1. The van der Waals surface area contributed by atoms with Crippen LogP contribution >= 0.6 is 0 Å². The molecule has 1 aliphatic rings. The Hall–Kier alpha value is -0.870. The molecular weight excluding hydrogens is 216 g/mol. The van der Waals surface area contributed by atoms with Gasteiger partial charge in [-0.25, -0.2) is 0 Å². The number of amides is 1. The highest BCUT2D eigenvalue weighted by molar-refractivity contribution is 5.83. The van der Waals surface area contributed by atoms with Crippen molar-refractivity contribution in [2.45, 2.75) is 26.7 Å². The van der Waals surface area contributed by atoms with Gasteiger partial charge in [0.15, 0.2) is 0 Å². The predicted octanol–water partition coefficient (Wildman–Crippen LogP) is 1.08. The summed E-state index contributed by atoms with van der Waals surface area (Å²) in [6, 6.07) is 0. The first-order chi connectivity index (χ1) is 8.10. The number of nitrogens with one attached hydrogen (secondary N) is 2. The van der Waals surface area contributed by atoms with Crippen LogP contribution < -0.4 is 10.6 Å². The minimum atomic E-state index is -0.200. The lowest BCUT2D eigenvalue weighted by atomic mass is 9.83. The van der Waals surface area contributed by atoms with Crippen molar-refractivity contribution in [3.63, 3.8) is 0 Å². The predicted molar refractivity (Wildman–Crippen MR) is 68.9 cm³/mol. The lowest BCUT2D eigenvalue weighted by molar-refractivity contribution is -0.130. The largest absolute Gasteiger partial charge is 0.375 e. The number of carbonyl (C=O) groups excluding carboxylic acids is 1. The SMILES string of the molecule is C=C(C)COCCNC(=O)C1(CC)CCNC1. The number of rotatable bonds is 7. The molecule has 4 nitrogen and oxygen atoms in total. The van der Waals surface area contributed by atoms with Crippen LogP contribution in [0.15, 0.2) is 12.2 Å². The molecule has 0 bridgehead atoms. The Morgan fingerprint density at radius 3 is 2.88 bits per heavy atom. The van der Waals surface area contributed by atoms with Crippen molar-refractivity contribution in [1.29, 1.82) is 0 Å². The quantitative estimate of drug-likeness (QED) is 0.517. The molecule has 1 aliphatic heterocycles. The molecule has 4 heteroatoms. The molecular formula is C13H24N2O2. The van der Waals surface area contributed by atoms with Gasteiger partial charge in [-0.05, 0) is 26.3 Å². The second-order valence-corrected chi connectivity index (χ2v) is 4.83. The first-order valence-electron chi connectivity index (χ1n) is 6.32. The second kappa shape index (κ2) is 6.77. The third kappa shape index (κ3) is 4.13. The Morgan fingerprint density at radius 1 is 1.59 bits per heavy atom. The minimum absolute atomic E-state index is 0.156. The zero-order valence-corrected chi connectivity index (χ0v) is 11.0. The zero-order valence-electron chi connectivity index (χ0n) is 11.0. The Balaban J connectivity index is 2.22. The van der Waals surface area contributed by atoms with Crippen LogP contribution in [0.2, 0.25) is 0 Å². The van der Waals surface area contributed by atoms with Crippen LogP contribution in [0.3, 0.4) is 0 Å². The summed E-state index contributed by atoms with van der Waals surface area (Å²) in [5, 5.41) is 6.21. The van der Waals surface area contributed by atoms with Crippen molar-refractivity contribution in [2.75, 3.05) is 32.8 Å². The van der Waals surface area contributed by atoms with E-state index in [0.29, 0.717) is 19.8 Å². The molecule has 0 aromatic heterocycles. The summed E-state index contributed by atoms with van der Waals surface area (Å²) in [6.07, 6.45) is 1.82. The van der Waals surface area contributed by atoms with Crippen LogP contribution in [0, 0.1) is 5.41 Å². The Kier molecular flexibility index (Phi) is 5.65.